The molecule has 0 unspecified atom stereocenters. The summed E-state index contributed by atoms with van der Waals surface area (Å²) in [5.41, 5.74) is 0.997. The van der Waals surface area contributed by atoms with Gasteiger partial charge < -0.3 is 14.7 Å². The lowest BCUT2D eigenvalue weighted by Crippen LogP contribution is -2.50. The molecule has 1 N–H and O–H groups in total. The Balaban J connectivity index is 1.71. The van der Waals surface area contributed by atoms with Crippen LogP contribution in [0.15, 0.2) is 34.9 Å². The van der Waals surface area contributed by atoms with Crippen LogP contribution in [0.3, 0.4) is 0 Å². The van der Waals surface area contributed by atoms with Gasteiger partial charge in [-0.2, -0.15) is 0 Å². The van der Waals surface area contributed by atoms with Crippen LogP contribution in [-0.2, 0) is 11.2 Å². The van der Waals surface area contributed by atoms with E-state index in [4.69, 9.17) is 4.52 Å². The molecule has 2 aromatic rings. The first-order valence-electron chi connectivity index (χ1n) is 8.78. The molecule has 3 rings (SSSR count). The Hall–Kier alpha value is -2.70. The van der Waals surface area contributed by atoms with Gasteiger partial charge in [-0.05, 0) is 43.9 Å². The second kappa shape index (κ2) is 8.12. The lowest BCUT2D eigenvalue weighted by molar-refractivity contribution is -0.135. The molecule has 0 radical (unpaired) electrons. The van der Waals surface area contributed by atoms with Crippen molar-refractivity contribution in [2.24, 2.45) is 0 Å². The molecular formula is C19H22FN3O3. The number of nitrogens with one attached hydrogen (secondary N) is 1. The van der Waals surface area contributed by atoms with Crippen molar-refractivity contribution in [3.05, 3.63) is 53.2 Å². The molecule has 0 aliphatic carbocycles. The second-order valence-corrected chi connectivity index (χ2v) is 6.56. The number of amides is 2. The number of aryl methyl sites for hydroxylation is 1. The van der Waals surface area contributed by atoms with Crippen LogP contribution in [0.4, 0.5) is 4.39 Å². The van der Waals surface area contributed by atoms with E-state index >= 15 is 0 Å². The van der Waals surface area contributed by atoms with Crippen molar-refractivity contribution in [1.82, 2.24) is 15.4 Å². The predicted molar refractivity (Wildman–Crippen MR) is 93.0 cm³/mol. The summed E-state index contributed by atoms with van der Waals surface area (Å²) in [6, 6.07) is 7.65. The average molecular weight is 359 g/mol. The predicted octanol–water partition coefficient (Wildman–Crippen LogP) is 2.48. The lowest BCUT2D eigenvalue weighted by Gasteiger charge is -2.35. The van der Waals surface area contributed by atoms with Gasteiger partial charge in [-0.3, -0.25) is 9.59 Å². The first-order valence-corrected chi connectivity index (χ1v) is 8.78. The number of halogens is 1. The summed E-state index contributed by atoms with van der Waals surface area (Å²) in [4.78, 5) is 26.4. The van der Waals surface area contributed by atoms with E-state index in [0.717, 1.165) is 18.4 Å². The number of piperidine rings is 1. The molecule has 26 heavy (non-hydrogen) atoms. The second-order valence-electron chi connectivity index (χ2n) is 6.56. The Morgan fingerprint density at radius 2 is 2.23 bits per heavy atom. The highest BCUT2D eigenvalue weighted by atomic mass is 19.1. The molecule has 0 spiro atoms. The number of likely N-dealkylation sites (tertiary alicyclic amines) is 1. The van der Waals surface area contributed by atoms with Crippen LogP contribution in [-0.4, -0.2) is 41.0 Å². The molecule has 138 valence electrons. The molecule has 0 bridgehead atoms. The van der Waals surface area contributed by atoms with Crippen LogP contribution in [0, 0.1) is 12.7 Å². The molecule has 1 fully saturated rings. The summed E-state index contributed by atoms with van der Waals surface area (Å²) in [6.07, 6.45) is 2.80. The van der Waals surface area contributed by atoms with E-state index in [1.807, 2.05) is 6.07 Å². The highest BCUT2D eigenvalue weighted by Crippen LogP contribution is 2.17. The minimum Gasteiger partial charge on any atom is -0.361 e. The summed E-state index contributed by atoms with van der Waals surface area (Å²) in [7, 11) is 0. The quantitative estimate of drug-likeness (QED) is 0.860. The maximum atomic E-state index is 13.5. The van der Waals surface area contributed by atoms with Gasteiger partial charge in [0, 0.05) is 25.6 Å². The minimum atomic E-state index is -0.351. The van der Waals surface area contributed by atoms with Crippen LogP contribution in [0.1, 0.15) is 41.1 Å². The number of rotatable bonds is 6. The fraction of sp³-hybridized carbons (Fsp3) is 0.421. The molecular weight excluding hydrogens is 337 g/mol. The van der Waals surface area contributed by atoms with Crippen LogP contribution in [0.2, 0.25) is 0 Å². The molecule has 1 aliphatic heterocycles. The molecule has 1 atom stereocenters. The van der Waals surface area contributed by atoms with Crippen molar-refractivity contribution in [1.29, 1.82) is 0 Å². The standard InChI is InChI=1S/C19H22FN3O3/c1-13-9-17(22-26-13)19(25)21-12-16(23-8-3-2-7-18(23)24)11-14-5-4-6-15(20)10-14/h4-6,9-10,16H,2-3,7-8,11-12H2,1H3,(H,21,25)/t16-/m1/s1. The van der Waals surface area contributed by atoms with Gasteiger partial charge in [0.1, 0.15) is 11.6 Å². The monoisotopic (exact) mass is 359 g/mol. The largest absolute Gasteiger partial charge is 0.361 e. The van der Waals surface area contributed by atoms with Crippen LogP contribution >= 0.6 is 0 Å². The van der Waals surface area contributed by atoms with Gasteiger partial charge in [-0.25, -0.2) is 4.39 Å². The van der Waals surface area contributed by atoms with E-state index in [9.17, 15) is 14.0 Å². The van der Waals surface area contributed by atoms with E-state index in [-0.39, 0.29) is 35.9 Å². The zero-order valence-electron chi connectivity index (χ0n) is 14.7. The third kappa shape index (κ3) is 4.47. The Kier molecular flexibility index (Phi) is 5.65. The van der Waals surface area contributed by atoms with E-state index in [2.05, 4.69) is 10.5 Å². The van der Waals surface area contributed by atoms with Gasteiger partial charge >= 0.3 is 0 Å². The van der Waals surface area contributed by atoms with Crippen molar-refractivity contribution < 1.29 is 18.5 Å². The van der Waals surface area contributed by atoms with E-state index in [0.29, 0.717) is 25.1 Å². The maximum absolute atomic E-state index is 13.5. The Morgan fingerprint density at radius 1 is 1.38 bits per heavy atom. The third-order valence-electron chi connectivity index (χ3n) is 4.52. The number of nitrogens with zero attached hydrogens (tertiary/aromatic N) is 2. The maximum Gasteiger partial charge on any atom is 0.273 e. The molecule has 7 heteroatoms. The van der Waals surface area contributed by atoms with Gasteiger partial charge in [0.2, 0.25) is 5.91 Å². The zero-order valence-corrected chi connectivity index (χ0v) is 14.7. The van der Waals surface area contributed by atoms with Gasteiger partial charge in [0.05, 0.1) is 6.04 Å². The topological polar surface area (TPSA) is 75.4 Å². The Bertz CT molecular complexity index is 790. The van der Waals surface area contributed by atoms with Crippen molar-refractivity contribution >= 4 is 11.8 Å². The van der Waals surface area contributed by atoms with Crippen LogP contribution < -0.4 is 5.32 Å². The normalized spacial score (nSPS) is 15.8. The number of benzene rings is 1. The molecule has 6 nitrogen and oxygen atoms in total. The van der Waals surface area contributed by atoms with E-state index < -0.39 is 0 Å². The third-order valence-corrected chi connectivity index (χ3v) is 4.52. The fourth-order valence-electron chi connectivity index (χ4n) is 3.22. The zero-order chi connectivity index (χ0) is 18.5. The highest BCUT2D eigenvalue weighted by Gasteiger charge is 2.27. The molecule has 2 heterocycles. The first-order chi connectivity index (χ1) is 12.5. The smallest absolute Gasteiger partial charge is 0.273 e. The number of aromatic nitrogens is 1. The van der Waals surface area contributed by atoms with Gasteiger partial charge in [0.15, 0.2) is 5.69 Å². The Labute approximate surface area is 151 Å². The fourth-order valence-corrected chi connectivity index (χ4v) is 3.22. The Morgan fingerprint density at radius 3 is 2.92 bits per heavy atom. The first kappa shape index (κ1) is 18.1. The molecule has 2 amide bonds. The van der Waals surface area contributed by atoms with E-state index in [1.165, 1.54) is 12.1 Å². The van der Waals surface area contributed by atoms with Gasteiger partial charge in [-0.1, -0.05) is 17.3 Å². The number of carbonyl (C=O) groups excluding carboxylic acids is 2. The summed E-state index contributed by atoms with van der Waals surface area (Å²) in [5, 5.41) is 6.52. The summed E-state index contributed by atoms with van der Waals surface area (Å²) in [5.74, 6) is -0.0364. The van der Waals surface area contributed by atoms with Crippen molar-refractivity contribution in [2.75, 3.05) is 13.1 Å². The molecule has 1 aliphatic rings. The SMILES string of the molecule is Cc1cc(C(=O)NC[C@@H](Cc2cccc(F)c2)N2CCCCC2=O)no1. The average Bonchev–Trinajstić information content (AvgIpc) is 3.05. The minimum absolute atomic E-state index is 0.0733. The summed E-state index contributed by atoms with van der Waals surface area (Å²) >= 11 is 0. The summed E-state index contributed by atoms with van der Waals surface area (Å²) in [6.45, 7) is 2.63. The molecule has 1 aromatic carbocycles. The summed E-state index contributed by atoms with van der Waals surface area (Å²) < 4.78 is 18.4. The number of hydrogen-bond acceptors (Lipinski definition) is 4. The van der Waals surface area contributed by atoms with Crippen LogP contribution in [0.25, 0.3) is 0 Å². The van der Waals surface area contributed by atoms with Crippen molar-refractivity contribution in [2.45, 2.75) is 38.6 Å². The van der Waals surface area contributed by atoms with Gasteiger partial charge in [-0.15, -0.1) is 0 Å². The van der Waals surface area contributed by atoms with E-state index in [1.54, 1.807) is 24.0 Å². The number of hydrogen-bond donors (Lipinski definition) is 1. The van der Waals surface area contributed by atoms with Gasteiger partial charge in [0.25, 0.3) is 5.91 Å². The van der Waals surface area contributed by atoms with Crippen molar-refractivity contribution in [3.63, 3.8) is 0 Å². The molecule has 1 saturated heterocycles. The van der Waals surface area contributed by atoms with Crippen LogP contribution in [0.5, 0.6) is 0 Å². The molecule has 1 aromatic heterocycles. The number of carbonyl (C=O) groups is 2. The highest BCUT2D eigenvalue weighted by molar-refractivity contribution is 5.92. The van der Waals surface area contributed by atoms with Crippen molar-refractivity contribution in [3.8, 4) is 0 Å². The molecule has 0 saturated carbocycles. The lowest BCUT2D eigenvalue weighted by atomic mass is 10.0.